The summed E-state index contributed by atoms with van der Waals surface area (Å²) in [5.41, 5.74) is 0. The van der Waals surface area contributed by atoms with Gasteiger partial charge in [-0.25, -0.2) is 22.0 Å². The molecule has 0 aliphatic heterocycles. The second kappa shape index (κ2) is 8.49. The number of ether oxygens (including phenoxy) is 1. The number of hydrogen-bond donors (Lipinski definition) is 1. The second-order valence-electron chi connectivity index (χ2n) is 5.49. The van der Waals surface area contributed by atoms with Gasteiger partial charge in [-0.05, 0) is 48.5 Å². The maximum atomic E-state index is 12.6. The van der Waals surface area contributed by atoms with Gasteiger partial charge in [-0.2, -0.15) is 4.31 Å². The maximum absolute atomic E-state index is 12.6. The summed E-state index contributed by atoms with van der Waals surface area (Å²) in [6, 6.07) is 11.5. The molecule has 0 radical (unpaired) electrons. The minimum Gasteiger partial charge on any atom is -0.457 e. The van der Waals surface area contributed by atoms with Crippen LogP contribution in [-0.2, 0) is 20.0 Å². The first-order valence-corrected chi connectivity index (χ1v) is 10.8. The molecule has 0 bridgehead atoms. The van der Waals surface area contributed by atoms with Crippen LogP contribution in [0.4, 0.5) is 0 Å². The largest absolute Gasteiger partial charge is 0.457 e. The van der Waals surface area contributed by atoms with Crippen molar-refractivity contribution in [1.29, 1.82) is 0 Å². The molecule has 2 N–H and O–H groups in total. The Morgan fingerprint density at radius 3 is 1.59 bits per heavy atom. The topological polar surface area (TPSA) is 107 Å². The average molecular weight is 409 g/mol. The molecule has 0 fully saturated rings. The second-order valence-corrected chi connectivity index (χ2v) is 8.99. The molecule has 0 aliphatic rings. The maximum Gasteiger partial charge on any atom is 0.243 e. The summed E-state index contributed by atoms with van der Waals surface area (Å²) in [5.74, 6) is 0.786. The molecule has 0 saturated heterocycles. The highest BCUT2D eigenvalue weighted by atomic mass is 32.2. The number of hydrogen-bond acceptors (Lipinski definition) is 5. The highest BCUT2D eigenvalue weighted by Gasteiger charge is 2.22. The molecular weight excluding hydrogens is 388 g/mol. The molecule has 0 spiro atoms. The molecule has 0 heterocycles. The Kier molecular flexibility index (Phi) is 6.55. The van der Waals surface area contributed by atoms with Gasteiger partial charge >= 0.3 is 0 Å². The monoisotopic (exact) mass is 408 g/mol. The van der Waals surface area contributed by atoms with E-state index in [-0.39, 0.29) is 22.9 Å². The Bertz CT molecular complexity index is 1000. The molecule has 0 aliphatic carbocycles. The van der Waals surface area contributed by atoms with Crippen LogP contribution in [0, 0.1) is 0 Å². The summed E-state index contributed by atoms with van der Waals surface area (Å²) >= 11 is 0. The van der Waals surface area contributed by atoms with Gasteiger partial charge in [-0.3, -0.25) is 0 Å². The molecule has 0 saturated carbocycles. The Labute approximate surface area is 159 Å². The predicted octanol–water partition coefficient (Wildman–Crippen LogP) is 2.49. The van der Waals surface area contributed by atoms with Crippen LogP contribution in [0.15, 0.2) is 83.6 Å². The zero-order chi connectivity index (χ0) is 20.1. The molecule has 0 aromatic heterocycles. The van der Waals surface area contributed by atoms with Crippen LogP contribution in [0.5, 0.6) is 11.5 Å². The van der Waals surface area contributed by atoms with Crippen LogP contribution in [0.25, 0.3) is 0 Å². The van der Waals surface area contributed by atoms with Gasteiger partial charge in [0.15, 0.2) is 0 Å². The highest BCUT2D eigenvalue weighted by molar-refractivity contribution is 7.89. The lowest BCUT2D eigenvalue weighted by Gasteiger charge is -2.19. The number of nitrogens with two attached hydrogens (primary N) is 1. The van der Waals surface area contributed by atoms with Crippen molar-refractivity contribution in [3.05, 3.63) is 73.8 Å². The van der Waals surface area contributed by atoms with Crippen molar-refractivity contribution in [1.82, 2.24) is 4.31 Å². The van der Waals surface area contributed by atoms with Gasteiger partial charge in [0.25, 0.3) is 0 Å². The van der Waals surface area contributed by atoms with E-state index in [0.29, 0.717) is 11.5 Å². The third kappa shape index (κ3) is 5.27. The summed E-state index contributed by atoms with van der Waals surface area (Å²) in [6.45, 7) is 7.47. The van der Waals surface area contributed by atoms with Gasteiger partial charge in [0, 0.05) is 13.1 Å². The Morgan fingerprint density at radius 2 is 1.22 bits per heavy atom. The van der Waals surface area contributed by atoms with E-state index in [0.717, 1.165) is 0 Å². The van der Waals surface area contributed by atoms with Crippen molar-refractivity contribution in [2.45, 2.75) is 9.79 Å². The minimum atomic E-state index is -3.77. The molecule has 144 valence electrons. The van der Waals surface area contributed by atoms with Gasteiger partial charge in [0.2, 0.25) is 20.0 Å². The fourth-order valence-electron chi connectivity index (χ4n) is 2.22. The van der Waals surface area contributed by atoms with E-state index in [4.69, 9.17) is 9.88 Å². The van der Waals surface area contributed by atoms with Crippen molar-refractivity contribution in [3.63, 3.8) is 0 Å². The third-order valence-corrected chi connectivity index (χ3v) is 6.29. The molecule has 0 unspecified atom stereocenters. The van der Waals surface area contributed by atoms with E-state index >= 15 is 0 Å². The van der Waals surface area contributed by atoms with E-state index in [2.05, 4.69) is 13.2 Å². The van der Waals surface area contributed by atoms with Crippen LogP contribution >= 0.6 is 0 Å². The standard InChI is InChI=1S/C18H20N2O5S2/c1-3-13-20(14-4-2)27(23,24)18-11-7-16(8-12-18)25-15-5-9-17(10-6-15)26(19,21)22/h3-12H,1-2,13-14H2,(H2,19,21,22). The van der Waals surface area contributed by atoms with Crippen molar-refractivity contribution < 1.29 is 21.6 Å². The van der Waals surface area contributed by atoms with Gasteiger partial charge in [0.1, 0.15) is 11.5 Å². The van der Waals surface area contributed by atoms with Crippen LogP contribution in [0.3, 0.4) is 0 Å². The molecule has 9 heteroatoms. The number of sulfonamides is 2. The molecule has 2 rings (SSSR count). The van der Waals surface area contributed by atoms with Crippen LogP contribution < -0.4 is 9.88 Å². The van der Waals surface area contributed by atoms with Crippen molar-refractivity contribution in [2.75, 3.05) is 13.1 Å². The normalized spacial score (nSPS) is 11.9. The SMILES string of the molecule is C=CCN(CC=C)S(=O)(=O)c1ccc(Oc2ccc(S(N)(=O)=O)cc2)cc1. The zero-order valence-electron chi connectivity index (χ0n) is 14.5. The Hall–Kier alpha value is -2.46. The summed E-state index contributed by atoms with van der Waals surface area (Å²) in [7, 11) is -7.46. The lowest BCUT2D eigenvalue weighted by atomic mass is 10.3. The van der Waals surface area contributed by atoms with Crippen molar-refractivity contribution in [2.24, 2.45) is 5.14 Å². The predicted molar refractivity (Wildman–Crippen MR) is 103 cm³/mol. The summed E-state index contributed by atoms with van der Waals surface area (Å²) in [6.07, 6.45) is 3.01. The molecule has 2 aromatic carbocycles. The summed E-state index contributed by atoms with van der Waals surface area (Å²) < 4.78 is 54.6. The van der Waals surface area contributed by atoms with E-state index < -0.39 is 20.0 Å². The summed E-state index contributed by atoms with van der Waals surface area (Å²) in [4.78, 5) is 0.0870. The molecule has 7 nitrogen and oxygen atoms in total. The summed E-state index contributed by atoms with van der Waals surface area (Å²) in [5, 5.41) is 5.04. The molecular formula is C18H20N2O5S2. The third-order valence-electron chi connectivity index (χ3n) is 3.51. The lowest BCUT2D eigenvalue weighted by molar-refractivity contribution is 0.472. The molecule has 0 atom stereocenters. The average Bonchev–Trinajstić information content (AvgIpc) is 2.62. The fourth-order valence-corrected chi connectivity index (χ4v) is 4.12. The zero-order valence-corrected chi connectivity index (χ0v) is 16.1. The minimum absolute atomic E-state index is 0.0270. The number of benzene rings is 2. The first-order valence-electron chi connectivity index (χ1n) is 7.81. The van der Waals surface area contributed by atoms with Crippen molar-refractivity contribution >= 4 is 20.0 Å². The number of nitrogens with zero attached hydrogens (tertiary/aromatic N) is 1. The van der Waals surface area contributed by atoms with Gasteiger partial charge < -0.3 is 4.74 Å². The first kappa shape index (κ1) is 20.8. The Balaban J connectivity index is 2.19. The van der Waals surface area contributed by atoms with Gasteiger partial charge in [0.05, 0.1) is 9.79 Å². The quantitative estimate of drug-likeness (QED) is 0.642. The van der Waals surface area contributed by atoms with Crippen LogP contribution in [-0.4, -0.2) is 34.2 Å². The van der Waals surface area contributed by atoms with E-state index in [9.17, 15) is 16.8 Å². The van der Waals surface area contributed by atoms with E-state index in [1.54, 1.807) is 0 Å². The van der Waals surface area contributed by atoms with Crippen molar-refractivity contribution in [3.8, 4) is 11.5 Å². The van der Waals surface area contributed by atoms with E-state index in [1.807, 2.05) is 0 Å². The van der Waals surface area contributed by atoms with E-state index in [1.165, 1.54) is 65.0 Å². The number of primary sulfonamides is 1. The highest BCUT2D eigenvalue weighted by Crippen LogP contribution is 2.25. The van der Waals surface area contributed by atoms with Gasteiger partial charge in [-0.15, -0.1) is 13.2 Å². The van der Waals surface area contributed by atoms with Crippen LogP contribution in [0.1, 0.15) is 0 Å². The Morgan fingerprint density at radius 1 is 0.815 bits per heavy atom. The molecule has 27 heavy (non-hydrogen) atoms. The first-order chi connectivity index (χ1) is 12.7. The number of rotatable bonds is 9. The fraction of sp³-hybridized carbons (Fsp3) is 0.111. The van der Waals surface area contributed by atoms with Crippen LogP contribution in [0.2, 0.25) is 0 Å². The molecule has 2 aromatic rings. The molecule has 0 amide bonds. The smallest absolute Gasteiger partial charge is 0.243 e. The van der Waals surface area contributed by atoms with Gasteiger partial charge in [-0.1, -0.05) is 12.2 Å². The lowest BCUT2D eigenvalue weighted by Crippen LogP contribution is -2.31.